The summed E-state index contributed by atoms with van der Waals surface area (Å²) in [5.74, 6) is 0.580. The lowest BCUT2D eigenvalue weighted by molar-refractivity contribution is -0.0785. The zero-order valence-corrected chi connectivity index (χ0v) is 12.8. The summed E-state index contributed by atoms with van der Waals surface area (Å²) in [5, 5.41) is 12.2. The number of aromatic nitrogens is 3. The van der Waals surface area contributed by atoms with Crippen LogP contribution in [0.15, 0.2) is 29.5 Å². The van der Waals surface area contributed by atoms with E-state index in [1.165, 1.54) is 18.4 Å². The molecule has 2 aromatic heterocycles. The van der Waals surface area contributed by atoms with Crippen LogP contribution in [0.3, 0.4) is 0 Å². The van der Waals surface area contributed by atoms with Gasteiger partial charge in [0.2, 0.25) is 0 Å². The van der Waals surface area contributed by atoms with Crippen LogP contribution in [0.2, 0.25) is 0 Å². The van der Waals surface area contributed by atoms with Gasteiger partial charge in [-0.1, -0.05) is 0 Å². The molecular weight excluding hydrogens is 284 g/mol. The van der Waals surface area contributed by atoms with Crippen molar-refractivity contribution in [1.29, 1.82) is 0 Å². The van der Waals surface area contributed by atoms with Gasteiger partial charge in [0.05, 0.1) is 12.7 Å². The number of morpholine rings is 1. The van der Waals surface area contributed by atoms with Crippen LogP contribution in [0.1, 0.15) is 18.4 Å². The van der Waals surface area contributed by atoms with Gasteiger partial charge in [-0.3, -0.25) is 4.90 Å². The summed E-state index contributed by atoms with van der Waals surface area (Å²) in [6.45, 7) is 3.94. The SMILES string of the molecule is c1cc(CN2CCO[C@@H]3[C@@H](Cn4cnnc4)CC[C@@H]32)cs1. The molecular formula is C15H20N4OS. The third-order valence-corrected chi connectivity index (χ3v) is 5.44. The molecule has 0 N–H and O–H groups in total. The van der Waals surface area contributed by atoms with Gasteiger partial charge in [0, 0.05) is 31.6 Å². The Labute approximate surface area is 128 Å². The fourth-order valence-electron chi connectivity index (χ4n) is 3.73. The van der Waals surface area contributed by atoms with Gasteiger partial charge >= 0.3 is 0 Å². The Morgan fingerprint density at radius 2 is 2.19 bits per heavy atom. The van der Waals surface area contributed by atoms with E-state index in [1.54, 1.807) is 24.0 Å². The molecule has 5 nitrogen and oxygen atoms in total. The first-order chi connectivity index (χ1) is 10.4. The molecule has 6 heteroatoms. The third kappa shape index (κ3) is 2.75. The summed E-state index contributed by atoms with van der Waals surface area (Å²) in [4.78, 5) is 2.61. The monoisotopic (exact) mass is 304 g/mol. The molecule has 0 unspecified atom stereocenters. The van der Waals surface area contributed by atoms with Gasteiger partial charge in [0.1, 0.15) is 12.7 Å². The average molecular weight is 304 g/mol. The van der Waals surface area contributed by atoms with Crippen molar-refractivity contribution < 1.29 is 4.74 Å². The van der Waals surface area contributed by atoms with E-state index in [-0.39, 0.29) is 0 Å². The topological polar surface area (TPSA) is 43.2 Å². The standard InChI is InChI=1S/C15H20N4OS/c1-2-14-15(13(1)8-18-10-16-17-11-18)20-5-4-19(14)7-12-3-6-21-9-12/h3,6,9-11,13-15H,1-2,4-5,7-8H2/t13-,14+,15-/m1/s1. The second-order valence-electron chi connectivity index (χ2n) is 6.00. The predicted molar refractivity (Wildman–Crippen MR) is 81.0 cm³/mol. The molecule has 1 saturated heterocycles. The summed E-state index contributed by atoms with van der Waals surface area (Å²) in [6, 6.07) is 2.80. The first-order valence-electron chi connectivity index (χ1n) is 7.59. The molecule has 2 aromatic rings. The highest BCUT2D eigenvalue weighted by atomic mass is 32.1. The van der Waals surface area contributed by atoms with Crippen LogP contribution in [-0.4, -0.2) is 45.0 Å². The van der Waals surface area contributed by atoms with Crippen LogP contribution in [0.25, 0.3) is 0 Å². The molecule has 3 atom stereocenters. The van der Waals surface area contributed by atoms with Crippen molar-refractivity contribution in [2.75, 3.05) is 13.2 Å². The van der Waals surface area contributed by atoms with Crippen molar-refractivity contribution in [1.82, 2.24) is 19.7 Å². The Kier molecular flexibility index (Phi) is 3.75. The number of thiophene rings is 1. The van der Waals surface area contributed by atoms with Gasteiger partial charge in [-0.25, -0.2) is 0 Å². The maximum absolute atomic E-state index is 6.12. The Bertz CT molecular complexity index is 556. The molecule has 1 aliphatic carbocycles. The van der Waals surface area contributed by atoms with Crippen molar-refractivity contribution in [3.05, 3.63) is 35.0 Å². The van der Waals surface area contributed by atoms with Gasteiger partial charge in [-0.05, 0) is 35.2 Å². The molecule has 1 saturated carbocycles. The second kappa shape index (κ2) is 5.87. The third-order valence-electron chi connectivity index (χ3n) is 4.71. The number of rotatable bonds is 4. The molecule has 2 fully saturated rings. The molecule has 0 amide bonds. The van der Waals surface area contributed by atoms with E-state index in [1.807, 2.05) is 0 Å². The molecule has 0 bridgehead atoms. The quantitative estimate of drug-likeness (QED) is 0.867. The van der Waals surface area contributed by atoms with E-state index in [0.29, 0.717) is 18.1 Å². The van der Waals surface area contributed by atoms with Crippen molar-refractivity contribution in [2.45, 2.75) is 38.1 Å². The number of fused-ring (bicyclic) bond motifs is 1. The summed E-state index contributed by atoms with van der Waals surface area (Å²) in [7, 11) is 0. The van der Waals surface area contributed by atoms with E-state index >= 15 is 0 Å². The van der Waals surface area contributed by atoms with Gasteiger partial charge in [0.25, 0.3) is 0 Å². The lowest BCUT2D eigenvalue weighted by atomic mass is 10.0. The first kappa shape index (κ1) is 13.4. The normalized spacial score (nSPS) is 29.6. The Morgan fingerprint density at radius 1 is 1.29 bits per heavy atom. The van der Waals surface area contributed by atoms with E-state index in [4.69, 9.17) is 4.74 Å². The molecule has 0 spiro atoms. The maximum Gasteiger partial charge on any atom is 0.119 e. The molecule has 3 heterocycles. The number of hydrogen-bond acceptors (Lipinski definition) is 5. The molecule has 4 rings (SSSR count). The number of ether oxygens (including phenoxy) is 1. The van der Waals surface area contributed by atoms with Gasteiger partial charge in [0.15, 0.2) is 0 Å². The Balaban J connectivity index is 1.44. The minimum atomic E-state index is 0.361. The molecule has 0 aromatic carbocycles. The minimum absolute atomic E-state index is 0.361. The Morgan fingerprint density at radius 3 is 3.00 bits per heavy atom. The van der Waals surface area contributed by atoms with E-state index in [0.717, 1.165) is 26.2 Å². The molecule has 2 aliphatic rings. The summed E-state index contributed by atoms with van der Waals surface area (Å²) in [6.07, 6.45) is 6.44. The van der Waals surface area contributed by atoms with Gasteiger partial charge in [-0.15, -0.1) is 10.2 Å². The lowest BCUT2D eigenvalue weighted by Crippen LogP contribution is -2.50. The molecule has 1 aliphatic heterocycles. The smallest absolute Gasteiger partial charge is 0.119 e. The van der Waals surface area contributed by atoms with Crippen LogP contribution in [0, 0.1) is 5.92 Å². The fraction of sp³-hybridized carbons (Fsp3) is 0.600. The fourth-order valence-corrected chi connectivity index (χ4v) is 4.39. The van der Waals surface area contributed by atoms with E-state index in [2.05, 4.69) is 36.5 Å². The number of hydrogen-bond donors (Lipinski definition) is 0. The summed E-state index contributed by atoms with van der Waals surface area (Å²) in [5.41, 5.74) is 1.43. The zero-order chi connectivity index (χ0) is 14.1. The average Bonchev–Trinajstić information content (AvgIpc) is 3.22. The van der Waals surface area contributed by atoms with Crippen LogP contribution in [0.4, 0.5) is 0 Å². The minimum Gasteiger partial charge on any atom is -0.375 e. The van der Waals surface area contributed by atoms with Crippen molar-refractivity contribution >= 4 is 11.3 Å². The van der Waals surface area contributed by atoms with Crippen LogP contribution in [0.5, 0.6) is 0 Å². The highest BCUT2D eigenvalue weighted by Crippen LogP contribution is 2.36. The van der Waals surface area contributed by atoms with Crippen LogP contribution >= 0.6 is 11.3 Å². The highest BCUT2D eigenvalue weighted by molar-refractivity contribution is 7.07. The van der Waals surface area contributed by atoms with E-state index in [9.17, 15) is 0 Å². The van der Waals surface area contributed by atoms with Crippen molar-refractivity contribution in [3.63, 3.8) is 0 Å². The van der Waals surface area contributed by atoms with Crippen molar-refractivity contribution in [2.24, 2.45) is 5.92 Å². The Hall–Kier alpha value is -1.24. The summed E-state index contributed by atoms with van der Waals surface area (Å²) >= 11 is 1.78. The number of nitrogens with zero attached hydrogens (tertiary/aromatic N) is 4. The summed E-state index contributed by atoms with van der Waals surface area (Å²) < 4.78 is 8.20. The van der Waals surface area contributed by atoms with Crippen LogP contribution in [-0.2, 0) is 17.8 Å². The molecule has 0 radical (unpaired) electrons. The first-order valence-corrected chi connectivity index (χ1v) is 8.53. The highest BCUT2D eigenvalue weighted by Gasteiger charge is 2.42. The van der Waals surface area contributed by atoms with Crippen LogP contribution < -0.4 is 0 Å². The second-order valence-corrected chi connectivity index (χ2v) is 6.78. The maximum atomic E-state index is 6.12. The predicted octanol–water partition coefficient (Wildman–Crippen LogP) is 2.02. The van der Waals surface area contributed by atoms with Gasteiger partial charge in [-0.2, -0.15) is 11.3 Å². The van der Waals surface area contributed by atoms with Gasteiger partial charge < -0.3 is 9.30 Å². The molecule has 112 valence electrons. The van der Waals surface area contributed by atoms with E-state index < -0.39 is 0 Å². The zero-order valence-electron chi connectivity index (χ0n) is 12.0. The molecule has 21 heavy (non-hydrogen) atoms. The lowest BCUT2D eigenvalue weighted by Gasteiger charge is -2.39. The largest absolute Gasteiger partial charge is 0.375 e. The van der Waals surface area contributed by atoms with Crippen molar-refractivity contribution in [3.8, 4) is 0 Å².